The molecule has 1 aliphatic rings. The summed E-state index contributed by atoms with van der Waals surface area (Å²) in [6, 6.07) is 0. The first-order valence-electron chi connectivity index (χ1n) is 5.23. The third-order valence-electron chi connectivity index (χ3n) is 3.94. The number of thioether (sulfide) groups is 1. The van der Waals surface area contributed by atoms with E-state index in [4.69, 9.17) is 0 Å². The lowest BCUT2D eigenvalue weighted by molar-refractivity contribution is 0.276. The van der Waals surface area contributed by atoms with E-state index in [0.29, 0.717) is 4.75 Å². The Morgan fingerprint density at radius 1 is 1.31 bits per heavy atom. The van der Waals surface area contributed by atoms with E-state index >= 15 is 0 Å². The summed E-state index contributed by atoms with van der Waals surface area (Å²) in [6.07, 6.45) is 7.18. The fourth-order valence-electron chi connectivity index (χ4n) is 2.40. The Morgan fingerprint density at radius 2 is 1.77 bits per heavy atom. The second-order valence-corrected chi connectivity index (χ2v) is 5.83. The highest BCUT2D eigenvalue weighted by molar-refractivity contribution is 8.00. The minimum Gasteiger partial charge on any atom is -0.158 e. The van der Waals surface area contributed by atoms with Crippen molar-refractivity contribution in [2.75, 3.05) is 6.26 Å². The third kappa shape index (κ3) is 1.96. The van der Waals surface area contributed by atoms with Gasteiger partial charge in [0, 0.05) is 4.75 Å². The zero-order chi connectivity index (χ0) is 10.1. The molecule has 0 aromatic rings. The highest BCUT2D eigenvalue weighted by atomic mass is 32.2. The van der Waals surface area contributed by atoms with Gasteiger partial charge in [-0.1, -0.05) is 25.5 Å². The van der Waals surface area contributed by atoms with Crippen molar-refractivity contribution < 1.29 is 0 Å². The second-order valence-electron chi connectivity index (χ2n) is 4.55. The molecular weight excluding hydrogens is 176 g/mol. The minimum atomic E-state index is 0.493. The van der Waals surface area contributed by atoms with Gasteiger partial charge >= 0.3 is 0 Å². The monoisotopic (exact) mass is 198 g/mol. The number of rotatable bonds is 1. The Morgan fingerprint density at radius 3 is 2.08 bits per heavy atom. The van der Waals surface area contributed by atoms with Crippen LogP contribution in [0.2, 0.25) is 0 Å². The Balaban J connectivity index is 2.82. The van der Waals surface area contributed by atoms with Gasteiger partial charge in [0.05, 0.1) is 0 Å². The predicted octanol–water partition coefficient (Wildman–Crippen LogP) is 4.12. The fraction of sp³-hybridized carbons (Fsp3) is 0.833. The molecule has 2 unspecified atom stereocenters. The molecule has 1 fully saturated rings. The topological polar surface area (TPSA) is 0 Å². The minimum absolute atomic E-state index is 0.493. The van der Waals surface area contributed by atoms with E-state index in [1.807, 2.05) is 11.8 Å². The molecule has 0 saturated heterocycles. The van der Waals surface area contributed by atoms with Crippen LogP contribution in [0.4, 0.5) is 0 Å². The van der Waals surface area contributed by atoms with Gasteiger partial charge in [0.1, 0.15) is 0 Å². The molecule has 0 bridgehead atoms. The molecule has 1 saturated carbocycles. The van der Waals surface area contributed by atoms with Crippen molar-refractivity contribution in [1.29, 1.82) is 0 Å². The summed E-state index contributed by atoms with van der Waals surface area (Å²) in [5, 5.41) is 0. The van der Waals surface area contributed by atoms with Gasteiger partial charge < -0.3 is 0 Å². The summed E-state index contributed by atoms with van der Waals surface area (Å²) in [7, 11) is 0. The first-order valence-corrected chi connectivity index (χ1v) is 6.46. The van der Waals surface area contributed by atoms with Crippen LogP contribution in [0, 0.1) is 11.8 Å². The van der Waals surface area contributed by atoms with Crippen molar-refractivity contribution in [3.8, 4) is 0 Å². The maximum absolute atomic E-state index is 2.43. The number of hydrogen-bond acceptors (Lipinski definition) is 1. The molecule has 0 nitrogen and oxygen atoms in total. The highest BCUT2D eigenvalue weighted by Crippen LogP contribution is 2.47. The number of allylic oxidation sites excluding steroid dienone is 2. The molecule has 2 atom stereocenters. The quantitative estimate of drug-likeness (QED) is 0.571. The van der Waals surface area contributed by atoms with E-state index in [0.717, 1.165) is 11.8 Å². The third-order valence-corrected chi connectivity index (χ3v) is 5.63. The summed E-state index contributed by atoms with van der Waals surface area (Å²) in [5.41, 5.74) is 1.66. The average Bonchev–Trinajstić information content (AvgIpc) is 2.13. The van der Waals surface area contributed by atoms with Crippen LogP contribution < -0.4 is 0 Å². The maximum Gasteiger partial charge on any atom is 0.0186 e. The van der Waals surface area contributed by atoms with Gasteiger partial charge in [-0.25, -0.2) is 0 Å². The zero-order valence-electron chi connectivity index (χ0n) is 9.55. The average molecular weight is 198 g/mol. The summed E-state index contributed by atoms with van der Waals surface area (Å²) in [5.74, 6) is 1.63. The van der Waals surface area contributed by atoms with E-state index in [9.17, 15) is 0 Å². The molecule has 13 heavy (non-hydrogen) atoms. The van der Waals surface area contributed by atoms with Crippen molar-refractivity contribution in [2.45, 2.75) is 45.3 Å². The van der Waals surface area contributed by atoms with Crippen molar-refractivity contribution in [2.24, 2.45) is 11.8 Å². The fourth-order valence-corrected chi connectivity index (χ4v) is 3.37. The maximum atomic E-state index is 2.43. The molecule has 0 aliphatic heterocycles. The van der Waals surface area contributed by atoms with Crippen LogP contribution in [0.15, 0.2) is 11.6 Å². The molecule has 0 N–H and O–H groups in total. The van der Waals surface area contributed by atoms with Gasteiger partial charge in [0.2, 0.25) is 0 Å². The molecule has 0 heterocycles. The zero-order valence-corrected chi connectivity index (χ0v) is 10.4. The molecule has 0 amide bonds. The standard InChI is InChI=1S/C12H22S/c1-6-11-7-9(2)12(4,13-5)10(3)8-11/h6,9-10H,7-8H2,1-5H3. The largest absolute Gasteiger partial charge is 0.158 e. The van der Waals surface area contributed by atoms with Crippen LogP contribution >= 0.6 is 11.8 Å². The van der Waals surface area contributed by atoms with Gasteiger partial charge in [-0.3, -0.25) is 0 Å². The van der Waals surface area contributed by atoms with E-state index in [2.05, 4.69) is 40.0 Å². The normalized spacial score (nSPS) is 40.5. The Labute approximate surface area is 87.2 Å². The summed E-state index contributed by atoms with van der Waals surface area (Å²) in [6.45, 7) is 9.40. The molecule has 0 spiro atoms. The second kappa shape index (κ2) is 4.08. The summed E-state index contributed by atoms with van der Waals surface area (Å²) in [4.78, 5) is 0. The molecule has 0 radical (unpaired) electrons. The Hall–Kier alpha value is 0.0900. The lowest BCUT2D eigenvalue weighted by atomic mass is 9.71. The number of hydrogen-bond donors (Lipinski definition) is 0. The van der Waals surface area contributed by atoms with Crippen molar-refractivity contribution in [1.82, 2.24) is 0 Å². The molecule has 0 aromatic heterocycles. The molecule has 76 valence electrons. The van der Waals surface area contributed by atoms with Crippen molar-refractivity contribution >= 4 is 11.8 Å². The SMILES string of the molecule is CC=C1CC(C)C(C)(SC)C(C)C1. The van der Waals surface area contributed by atoms with Crippen LogP contribution in [0.1, 0.15) is 40.5 Å². The van der Waals surface area contributed by atoms with E-state index in [-0.39, 0.29) is 0 Å². The van der Waals surface area contributed by atoms with Crippen LogP contribution in [-0.4, -0.2) is 11.0 Å². The Bertz CT molecular complexity index is 191. The molecule has 0 aromatic carbocycles. The first kappa shape index (κ1) is 11.2. The Kier molecular flexibility index (Phi) is 3.50. The molecule has 1 heteroatoms. The van der Waals surface area contributed by atoms with E-state index in [1.54, 1.807) is 5.57 Å². The summed E-state index contributed by atoms with van der Waals surface area (Å²) < 4.78 is 0.493. The lowest BCUT2D eigenvalue weighted by Crippen LogP contribution is -2.40. The first-order chi connectivity index (χ1) is 6.04. The van der Waals surface area contributed by atoms with Crippen LogP contribution in [0.5, 0.6) is 0 Å². The van der Waals surface area contributed by atoms with Crippen LogP contribution in [0.25, 0.3) is 0 Å². The van der Waals surface area contributed by atoms with Gasteiger partial charge in [-0.05, 0) is 44.8 Å². The van der Waals surface area contributed by atoms with Gasteiger partial charge in [-0.15, -0.1) is 0 Å². The van der Waals surface area contributed by atoms with Crippen molar-refractivity contribution in [3.63, 3.8) is 0 Å². The van der Waals surface area contributed by atoms with Gasteiger partial charge in [0.15, 0.2) is 0 Å². The highest BCUT2D eigenvalue weighted by Gasteiger charge is 2.39. The summed E-state index contributed by atoms with van der Waals surface area (Å²) >= 11 is 2.05. The van der Waals surface area contributed by atoms with Crippen LogP contribution in [-0.2, 0) is 0 Å². The molecule has 1 rings (SSSR count). The van der Waals surface area contributed by atoms with Crippen LogP contribution in [0.3, 0.4) is 0 Å². The molecular formula is C12H22S. The predicted molar refractivity (Wildman–Crippen MR) is 63.2 cm³/mol. The van der Waals surface area contributed by atoms with Gasteiger partial charge in [-0.2, -0.15) is 11.8 Å². The van der Waals surface area contributed by atoms with Gasteiger partial charge in [0.25, 0.3) is 0 Å². The van der Waals surface area contributed by atoms with Crippen molar-refractivity contribution in [3.05, 3.63) is 11.6 Å². The van der Waals surface area contributed by atoms with E-state index < -0.39 is 0 Å². The van der Waals surface area contributed by atoms with E-state index in [1.165, 1.54) is 12.8 Å². The molecule has 1 aliphatic carbocycles. The lowest BCUT2D eigenvalue weighted by Gasteiger charge is -2.44. The smallest absolute Gasteiger partial charge is 0.0186 e.